The molecule has 4 nitrogen and oxygen atoms in total. The second kappa shape index (κ2) is 5.47. The third kappa shape index (κ3) is 3.33. The lowest BCUT2D eigenvalue weighted by atomic mass is 10.0. The van der Waals surface area contributed by atoms with Gasteiger partial charge < -0.3 is 15.5 Å². The molecule has 0 aliphatic carbocycles. The summed E-state index contributed by atoms with van der Waals surface area (Å²) in [5.74, 6) is 0.182. The zero-order valence-corrected chi connectivity index (χ0v) is 11.6. The fourth-order valence-corrected chi connectivity index (χ4v) is 2.45. The van der Waals surface area contributed by atoms with Crippen molar-refractivity contribution in [2.24, 2.45) is 0 Å². The maximum Gasteiger partial charge on any atom is 0.416 e. The SMILES string of the molecule is CN1CCC(N(C)c2cc(C(F)(F)F)cc(N)n2)CC1. The molecule has 2 heterocycles. The molecule has 2 N–H and O–H groups in total. The van der Waals surface area contributed by atoms with Crippen molar-refractivity contribution in [1.82, 2.24) is 9.88 Å². The smallest absolute Gasteiger partial charge is 0.384 e. The zero-order chi connectivity index (χ0) is 14.9. The van der Waals surface area contributed by atoms with Gasteiger partial charge in [0.15, 0.2) is 0 Å². The summed E-state index contributed by atoms with van der Waals surface area (Å²) in [6.45, 7) is 1.87. The highest BCUT2D eigenvalue weighted by Crippen LogP contribution is 2.33. The van der Waals surface area contributed by atoms with Gasteiger partial charge in [0.1, 0.15) is 11.6 Å². The Kier molecular flexibility index (Phi) is 4.08. The second-order valence-corrected chi connectivity index (χ2v) is 5.28. The van der Waals surface area contributed by atoms with Crippen molar-refractivity contribution in [3.63, 3.8) is 0 Å². The van der Waals surface area contributed by atoms with E-state index in [2.05, 4.69) is 9.88 Å². The van der Waals surface area contributed by atoms with Crippen molar-refractivity contribution in [2.45, 2.75) is 25.1 Å². The van der Waals surface area contributed by atoms with Crippen LogP contribution < -0.4 is 10.6 Å². The summed E-state index contributed by atoms with van der Waals surface area (Å²) in [5.41, 5.74) is 4.75. The van der Waals surface area contributed by atoms with E-state index in [-0.39, 0.29) is 17.7 Å². The topological polar surface area (TPSA) is 45.4 Å². The fraction of sp³-hybridized carbons (Fsp3) is 0.615. The lowest BCUT2D eigenvalue weighted by Gasteiger charge is -2.36. The van der Waals surface area contributed by atoms with E-state index in [0.29, 0.717) is 0 Å². The van der Waals surface area contributed by atoms with Crippen molar-refractivity contribution in [1.29, 1.82) is 0 Å². The van der Waals surface area contributed by atoms with Crippen molar-refractivity contribution < 1.29 is 13.2 Å². The lowest BCUT2D eigenvalue weighted by molar-refractivity contribution is -0.137. The molecular weight excluding hydrogens is 269 g/mol. The molecule has 7 heteroatoms. The number of alkyl halides is 3. The summed E-state index contributed by atoms with van der Waals surface area (Å²) in [6.07, 6.45) is -2.59. The number of halogens is 3. The largest absolute Gasteiger partial charge is 0.416 e. The third-order valence-electron chi connectivity index (χ3n) is 3.76. The standard InChI is InChI=1S/C13H19F3N4/c1-19-5-3-10(4-6-19)20(2)12-8-9(13(14,15)16)7-11(17)18-12/h7-8,10H,3-6H2,1-2H3,(H2,17,18). The van der Waals surface area contributed by atoms with Crippen LogP contribution in [-0.2, 0) is 6.18 Å². The molecule has 1 aromatic heterocycles. The molecule has 1 aliphatic heterocycles. The van der Waals surface area contributed by atoms with Gasteiger partial charge in [-0.2, -0.15) is 13.2 Å². The van der Waals surface area contributed by atoms with Crippen LogP contribution in [0.2, 0.25) is 0 Å². The van der Waals surface area contributed by atoms with Gasteiger partial charge in [-0.05, 0) is 45.1 Å². The van der Waals surface area contributed by atoms with Crippen LogP contribution in [0, 0.1) is 0 Å². The lowest BCUT2D eigenvalue weighted by Crippen LogP contribution is -2.42. The quantitative estimate of drug-likeness (QED) is 0.906. The van der Waals surface area contributed by atoms with E-state index < -0.39 is 11.7 Å². The van der Waals surface area contributed by atoms with E-state index in [0.717, 1.165) is 38.1 Å². The number of aromatic nitrogens is 1. The first kappa shape index (κ1) is 14.9. The first-order chi connectivity index (χ1) is 9.27. The highest BCUT2D eigenvalue weighted by molar-refractivity contribution is 5.49. The fourth-order valence-electron chi connectivity index (χ4n) is 2.45. The molecule has 0 atom stereocenters. The van der Waals surface area contributed by atoms with Gasteiger partial charge in [0, 0.05) is 13.1 Å². The monoisotopic (exact) mass is 288 g/mol. The van der Waals surface area contributed by atoms with Gasteiger partial charge in [0.25, 0.3) is 0 Å². The van der Waals surface area contributed by atoms with Crippen LogP contribution in [0.15, 0.2) is 12.1 Å². The highest BCUT2D eigenvalue weighted by Gasteiger charge is 2.32. The van der Waals surface area contributed by atoms with E-state index in [9.17, 15) is 13.2 Å². The molecule has 1 saturated heterocycles. The molecule has 1 aliphatic rings. The van der Waals surface area contributed by atoms with Gasteiger partial charge in [0.2, 0.25) is 0 Å². The Labute approximate surface area is 116 Å². The first-order valence-corrected chi connectivity index (χ1v) is 6.53. The maximum atomic E-state index is 12.8. The number of hydrogen-bond acceptors (Lipinski definition) is 4. The van der Waals surface area contributed by atoms with Gasteiger partial charge in [-0.3, -0.25) is 0 Å². The molecule has 2 rings (SSSR count). The zero-order valence-electron chi connectivity index (χ0n) is 11.6. The molecule has 1 fully saturated rings. The van der Waals surface area contributed by atoms with Crippen molar-refractivity contribution in [3.05, 3.63) is 17.7 Å². The van der Waals surface area contributed by atoms with Crippen LogP contribution in [-0.4, -0.2) is 43.1 Å². The minimum absolute atomic E-state index is 0.102. The Morgan fingerprint density at radius 2 is 1.90 bits per heavy atom. The van der Waals surface area contributed by atoms with E-state index >= 15 is 0 Å². The van der Waals surface area contributed by atoms with Crippen LogP contribution in [0.4, 0.5) is 24.8 Å². The van der Waals surface area contributed by atoms with Crippen molar-refractivity contribution >= 4 is 11.6 Å². The van der Waals surface area contributed by atoms with E-state index in [1.165, 1.54) is 0 Å². The van der Waals surface area contributed by atoms with Gasteiger partial charge >= 0.3 is 6.18 Å². The van der Waals surface area contributed by atoms with Crippen molar-refractivity contribution in [3.8, 4) is 0 Å². The molecule has 0 radical (unpaired) electrons. The van der Waals surface area contributed by atoms with Crippen LogP contribution in [0.3, 0.4) is 0 Å². The Morgan fingerprint density at radius 1 is 1.30 bits per heavy atom. The van der Waals surface area contributed by atoms with Crippen LogP contribution in [0.1, 0.15) is 18.4 Å². The summed E-state index contributed by atoms with van der Waals surface area (Å²) in [5, 5.41) is 0. The van der Waals surface area contributed by atoms with Crippen LogP contribution in [0.25, 0.3) is 0 Å². The minimum atomic E-state index is -4.40. The number of nitrogens with two attached hydrogens (primary N) is 1. The van der Waals surface area contributed by atoms with E-state index in [4.69, 9.17) is 5.73 Å². The number of anilines is 2. The number of likely N-dealkylation sites (tertiary alicyclic amines) is 1. The number of nitrogens with zero attached hydrogens (tertiary/aromatic N) is 3. The van der Waals surface area contributed by atoms with Gasteiger partial charge in [-0.15, -0.1) is 0 Å². The van der Waals surface area contributed by atoms with Gasteiger partial charge in [-0.25, -0.2) is 4.98 Å². The van der Waals surface area contributed by atoms with Crippen molar-refractivity contribution in [2.75, 3.05) is 37.8 Å². The molecule has 20 heavy (non-hydrogen) atoms. The Morgan fingerprint density at radius 3 is 2.45 bits per heavy atom. The highest BCUT2D eigenvalue weighted by atomic mass is 19.4. The normalized spacial score (nSPS) is 18.2. The molecule has 0 bridgehead atoms. The molecule has 0 unspecified atom stereocenters. The number of hydrogen-bond donors (Lipinski definition) is 1. The van der Waals surface area contributed by atoms with Gasteiger partial charge in [-0.1, -0.05) is 0 Å². The van der Waals surface area contributed by atoms with Crippen LogP contribution in [0.5, 0.6) is 0 Å². The van der Waals surface area contributed by atoms with Crippen LogP contribution >= 0.6 is 0 Å². The third-order valence-corrected chi connectivity index (χ3v) is 3.76. The summed E-state index contributed by atoms with van der Waals surface area (Å²) in [4.78, 5) is 8.04. The Balaban J connectivity index is 2.21. The number of pyridine rings is 1. The van der Waals surface area contributed by atoms with E-state index in [1.54, 1.807) is 11.9 Å². The summed E-state index contributed by atoms with van der Waals surface area (Å²) in [6, 6.07) is 2.13. The molecule has 112 valence electrons. The average Bonchev–Trinajstić information content (AvgIpc) is 2.37. The summed E-state index contributed by atoms with van der Waals surface area (Å²) in [7, 11) is 3.81. The molecular formula is C13H19F3N4. The molecule has 0 amide bonds. The van der Waals surface area contributed by atoms with Gasteiger partial charge in [0.05, 0.1) is 5.56 Å². The summed E-state index contributed by atoms with van der Waals surface area (Å²) >= 11 is 0. The number of rotatable bonds is 2. The predicted molar refractivity (Wildman–Crippen MR) is 72.6 cm³/mol. The molecule has 0 spiro atoms. The number of nitrogen functional groups attached to an aromatic ring is 1. The Hall–Kier alpha value is -1.50. The van der Waals surface area contributed by atoms with E-state index in [1.807, 2.05) is 7.05 Å². The minimum Gasteiger partial charge on any atom is -0.384 e. The molecule has 0 aromatic carbocycles. The molecule has 0 saturated carbocycles. The first-order valence-electron chi connectivity index (χ1n) is 6.53. The number of piperidine rings is 1. The predicted octanol–water partition coefficient (Wildman–Crippen LogP) is 2.21. The summed E-state index contributed by atoms with van der Waals surface area (Å²) < 4.78 is 38.4. The maximum absolute atomic E-state index is 12.8. The second-order valence-electron chi connectivity index (χ2n) is 5.28. The molecule has 1 aromatic rings. The average molecular weight is 288 g/mol. The Bertz CT molecular complexity index is 467.